The molecule has 0 spiro atoms. The van der Waals surface area contributed by atoms with Gasteiger partial charge in [0.15, 0.2) is 0 Å². The molecule has 0 aliphatic carbocycles. The molecule has 0 saturated carbocycles. The number of amides is 4. The van der Waals surface area contributed by atoms with Gasteiger partial charge in [-0.15, -0.1) is 0 Å². The van der Waals surface area contributed by atoms with Gasteiger partial charge in [0.1, 0.15) is 23.9 Å². The van der Waals surface area contributed by atoms with Crippen molar-refractivity contribution < 1.29 is 24.0 Å². The van der Waals surface area contributed by atoms with E-state index in [1.54, 1.807) is 0 Å². The Balaban J connectivity index is 0. The third-order valence-corrected chi connectivity index (χ3v) is 8.88. The number of carbonyl (C=O) groups excluding carboxylic acids is 5. The highest BCUT2D eigenvalue weighted by Gasteiger charge is 2.29. The topological polar surface area (TPSA) is 182 Å². The van der Waals surface area contributed by atoms with E-state index in [0.29, 0.717) is 51.0 Å². The molecule has 13 heteroatoms. The van der Waals surface area contributed by atoms with Gasteiger partial charge in [-0.05, 0) is 132 Å². The summed E-state index contributed by atoms with van der Waals surface area (Å²) in [4.78, 5) is 63.4. The smallest absolute Gasteiger partial charge is 0.243 e. The van der Waals surface area contributed by atoms with E-state index in [1.807, 2.05) is 28.2 Å². The summed E-state index contributed by atoms with van der Waals surface area (Å²) in [5, 5.41) is 23.8. The molecule has 8 N–H and O–H groups in total. The first-order valence-electron chi connectivity index (χ1n) is 19.8. The maximum atomic E-state index is 13.6. The average molecular weight is 727 g/mol. The number of unbranched alkanes of at least 4 members (excludes halogenated alkanes) is 6. The lowest BCUT2D eigenvalue weighted by molar-refractivity contribution is -0.133. The lowest BCUT2D eigenvalue weighted by atomic mass is 10.0. The summed E-state index contributed by atoms with van der Waals surface area (Å²) >= 11 is 0. The van der Waals surface area contributed by atoms with Gasteiger partial charge in [-0.1, -0.05) is 46.0 Å². The molecule has 0 bridgehead atoms. The van der Waals surface area contributed by atoms with E-state index in [0.717, 1.165) is 64.6 Å². The van der Waals surface area contributed by atoms with Crippen molar-refractivity contribution in [3.63, 3.8) is 0 Å². The Kier molecular flexibility index (Phi) is 35.4. The molecule has 0 rings (SSSR count). The lowest BCUT2D eigenvalue weighted by Gasteiger charge is -2.26. The summed E-state index contributed by atoms with van der Waals surface area (Å²) in [6.45, 7) is 10.4. The lowest BCUT2D eigenvalue weighted by Crippen LogP contribution is -2.57. The van der Waals surface area contributed by atoms with Gasteiger partial charge < -0.3 is 42.5 Å². The van der Waals surface area contributed by atoms with Crippen LogP contribution in [0.1, 0.15) is 137 Å². The summed E-state index contributed by atoms with van der Waals surface area (Å²) in [5.41, 5.74) is 0. The number of nitrogens with one attached hydrogen (secondary N) is 8. The van der Waals surface area contributed by atoms with Crippen LogP contribution in [-0.4, -0.2) is 108 Å². The first-order valence-corrected chi connectivity index (χ1v) is 19.8. The van der Waals surface area contributed by atoms with Gasteiger partial charge in [-0.3, -0.25) is 24.0 Å². The van der Waals surface area contributed by atoms with Crippen molar-refractivity contribution in [2.75, 3.05) is 47.8 Å². The molecular formula is C38H78N8O5. The molecule has 0 heterocycles. The van der Waals surface area contributed by atoms with Crippen LogP contribution in [0.2, 0.25) is 0 Å². The largest absolute Gasteiger partial charge is 0.351 e. The molecule has 0 aromatic heterocycles. The molecule has 13 nitrogen and oxygen atoms in total. The van der Waals surface area contributed by atoms with Crippen molar-refractivity contribution in [1.82, 2.24) is 42.5 Å². The minimum absolute atomic E-state index is 0.00481. The highest BCUT2D eigenvalue weighted by atomic mass is 16.2. The van der Waals surface area contributed by atoms with Crippen LogP contribution in [0, 0.1) is 0 Å². The van der Waals surface area contributed by atoms with Crippen molar-refractivity contribution >= 4 is 29.9 Å². The molecule has 0 fully saturated rings. The molecule has 0 aliphatic rings. The Hall–Kier alpha value is -2.61. The van der Waals surface area contributed by atoms with Crippen LogP contribution in [-0.2, 0) is 24.0 Å². The molecule has 5 atom stereocenters. The van der Waals surface area contributed by atoms with Crippen molar-refractivity contribution in [1.29, 1.82) is 0 Å². The van der Waals surface area contributed by atoms with E-state index < -0.39 is 29.9 Å². The predicted molar refractivity (Wildman–Crippen MR) is 210 cm³/mol. The SMILES string of the molecule is CCCCC(C)NC.CCCCCC(CC(C)=O)NC(=O)C(CCCCNC)NC(=O)C(CCCCNC)NC(=O)C(CCCCNC)NC=O. The van der Waals surface area contributed by atoms with Gasteiger partial charge in [-0.2, -0.15) is 0 Å². The first-order chi connectivity index (χ1) is 24.5. The van der Waals surface area contributed by atoms with E-state index >= 15 is 0 Å². The fourth-order valence-corrected chi connectivity index (χ4v) is 5.57. The van der Waals surface area contributed by atoms with Crippen LogP contribution in [0.4, 0.5) is 0 Å². The molecule has 0 aromatic carbocycles. The Morgan fingerprint density at radius 3 is 1.39 bits per heavy atom. The van der Waals surface area contributed by atoms with Crippen molar-refractivity contribution in [2.24, 2.45) is 0 Å². The molecule has 4 amide bonds. The molecule has 0 saturated heterocycles. The van der Waals surface area contributed by atoms with Crippen molar-refractivity contribution in [3.8, 4) is 0 Å². The Bertz CT molecular complexity index is 894. The number of Topliss-reactive ketones (excluding diaryl/α,β-unsaturated/α-hetero) is 1. The Labute approximate surface area is 310 Å². The second kappa shape index (κ2) is 35.8. The number of hydrogen-bond donors (Lipinski definition) is 8. The standard InChI is InChI=1S/C31H61N7O5.C7H17N/c1-6-7-8-15-25(22-24(2)40)36-30(42)27(17-10-13-20-33-4)38-31(43)28(18-11-14-21-34-5)37-29(41)26(35-23-39)16-9-12-19-32-3;1-4-5-6-7(2)8-3/h23,25-28,32-34H,6-22H2,1-5H3,(H,35,39)(H,36,42)(H,37,41)(H,38,43);7-8H,4-6H2,1-3H3. The van der Waals surface area contributed by atoms with Gasteiger partial charge in [0.25, 0.3) is 0 Å². The second-order valence-electron chi connectivity index (χ2n) is 13.7. The van der Waals surface area contributed by atoms with E-state index in [1.165, 1.54) is 26.2 Å². The summed E-state index contributed by atoms with van der Waals surface area (Å²) in [6.07, 6.45) is 14.3. The predicted octanol–water partition coefficient (Wildman–Crippen LogP) is 3.07. The molecule has 5 unspecified atom stereocenters. The number of ketones is 1. The third kappa shape index (κ3) is 29.6. The van der Waals surface area contributed by atoms with Crippen LogP contribution < -0.4 is 42.5 Å². The normalized spacial score (nSPS) is 13.8. The zero-order chi connectivity index (χ0) is 38.7. The zero-order valence-electron chi connectivity index (χ0n) is 33.6. The maximum Gasteiger partial charge on any atom is 0.243 e. The van der Waals surface area contributed by atoms with Crippen molar-refractivity contribution in [3.05, 3.63) is 0 Å². The van der Waals surface area contributed by atoms with Crippen LogP contribution in [0.3, 0.4) is 0 Å². The minimum atomic E-state index is -0.859. The third-order valence-electron chi connectivity index (χ3n) is 8.88. The number of rotatable bonds is 33. The molecule has 300 valence electrons. The summed E-state index contributed by atoms with van der Waals surface area (Å²) in [5.74, 6) is -1.16. The molecule has 0 aliphatic heterocycles. The zero-order valence-corrected chi connectivity index (χ0v) is 33.6. The number of hydrogen-bond acceptors (Lipinski definition) is 9. The quantitative estimate of drug-likeness (QED) is 0.0373. The van der Waals surface area contributed by atoms with E-state index in [2.05, 4.69) is 63.3 Å². The Morgan fingerprint density at radius 2 is 0.980 bits per heavy atom. The average Bonchev–Trinajstić information content (AvgIpc) is 3.10. The van der Waals surface area contributed by atoms with Crippen LogP contribution in [0.5, 0.6) is 0 Å². The van der Waals surface area contributed by atoms with Gasteiger partial charge in [0.2, 0.25) is 24.1 Å². The molecule has 0 radical (unpaired) electrons. The summed E-state index contributed by atoms with van der Waals surface area (Å²) in [7, 11) is 7.59. The van der Waals surface area contributed by atoms with Gasteiger partial charge in [0.05, 0.1) is 0 Å². The summed E-state index contributed by atoms with van der Waals surface area (Å²) in [6, 6.07) is -1.99. The van der Waals surface area contributed by atoms with Crippen LogP contribution in [0.25, 0.3) is 0 Å². The fourth-order valence-electron chi connectivity index (χ4n) is 5.57. The highest BCUT2D eigenvalue weighted by Crippen LogP contribution is 2.11. The van der Waals surface area contributed by atoms with Gasteiger partial charge in [0, 0.05) is 18.5 Å². The van der Waals surface area contributed by atoms with E-state index in [4.69, 9.17) is 0 Å². The number of carbonyl (C=O) groups is 5. The fraction of sp³-hybridized carbons (Fsp3) is 0.868. The molecule has 51 heavy (non-hydrogen) atoms. The second-order valence-corrected chi connectivity index (χ2v) is 13.7. The van der Waals surface area contributed by atoms with E-state index in [9.17, 15) is 24.0 Å². The van der Waals surface area contributed by atoms with Crippen molar-refractivity contribution in [2.45, 2.75) is 167 Å². The molecular weight excluding hydrogens is 648 g/mol. The maximum absolute atomic E-state index is 13.6. The Morgan fingerprint density at radius 1 is 0.549 bits per heavy atom. The van der Waals surface area contributed by atoms with Gasteiger partial charge >= 0.3 is 0 Å². The molecule has 0 aromatic rings. The van der Waals surface area contributed by atoms with Crippen LogP contribution >= 0.6 is 0 Å². The monoisotopic (exact) mass is 727 g/mol. The first kappa shape index (κ1) is 50.5. The van der Waals surface area contributed by atoms with E-state index in [-0.39, 0.29) is 24.2 Å². The van der Waals surface area contributed by atoms with Gasteiger partial charge in [-0.25, -0.2) is 0 Å². The highest BCUT2D eigenvalue weighted by molar-refractivity contribution is 5.93. The minimum Gasteiger partial charge on any atom is -0.351 e. The van der Waals surface area contributed by atoms with Crippen LogP contribution in [0.15, 0.2) is 0 Å². The summed E-state index contributed by atoms with van der Waals surface area (Å²) < 4.78 is 0.